The Kier molecular flexibility index (Phi) is 32.3. The molecule has 0 aliphatic heterocycles. The predicted molar refractivity (Wildman–Crippen MR) is 128 cm³/mol. The normalized spacial score (nSPS) is 10.0. The SMILES string of the molecule is O=C(O)C=CC(=O)O.O=C(O)C=CC(=O)O.O=C(O)C=CC(=O)O.O=C(O)C=CC(=O)O.OCC(CO)(CO)CO. The van der Waals surface area contributed by atoms with Gasteiger partial charge in [-0.25, -0.2) is 38.4 Å². The van der Waals surface area contributed by atoms with Gasteiger partial charge in [0.25, 0.3) is 0 Å². The van der Waals surface area contributed by atoms with Gasteiger partial charge in [-0.3, -0.25) is 0 Å². The molecular formula is C21H28O20. The standard InChI is InChI=1S/C5H12O4.4C4H4O4/c6-1-5(2-7,3-8)4-9;4*5-3(6)1-2-4(7)8/h6-9H,1-4H2;4*1-2H,(H,5,6)(H,7,8). The molecule has 0 aromatic carbocycles. The van der Waals surface area contributed by atoms with Gasteiger partial charge in [0.1, 0.15) is 0 Å². The number of aliphatic hydroxyl groups is 4. The van der Waals surface area contributed by atoms with Crippen LogP contribution in [0.1, 0.15) is 0 Å². The third-order valence-corrected chi connectivity index (χ3v) is 2.82. The fourth-order valence-corrected chi connectivity index (χ4v) is 0.870. The summed E-state index contributed by atoms with van der Waals surface area (Å²) in [7, 11) is 0. The Hall–Kier alpha value is -5.44. The molecule has 20 heteroatoms. The van der Waals surface area contributed by atoms with Crippen LogP contribution in [0.5, 0.6) is 0 Å². The van der Waals surface area contributed by atoms with Crippen molar-refractivity contribution >= 4 is 47.8 Å². The number of carboxylic acid groups (broad SMARTS) is 8. The first-order valence-corrected chi connectivity index (χ1v) is 9.74. The van der Waals surface area contributed by atoms with Gasteiger partial charge < -0.3 is 61.3 Å². The van der Waals surface area contributed by atoms with Crippen LogP contribution in [0.15, 0.2) is 48.6 Å². The van der Waals surface area contributed by atoms with E-state index in [1.165, 1.54) is 0 Å². The van der Waals surface area contributed by atoms with E-state index in [1.807, 2.05) is 0 Å². The molecule has 0 bridgehead atoms. The van der Waals surface area contributed by atoms with Crippen LogP contribution in [0.4, 0.5) is 0 Å². The zero-order chi connectivity index (χ0) is 33.6. The molecule has 0 spiro atoms. The van der Waals surface area contributed by atoms with Gasteiger partial charge >= 0.3 is 47.8 Å². The maximum atomic E-state index is 9.55. The van der Waals surface area contributed by atoms with Gasteiger partial charge in [-0.2, -0.15) is 0 Å². The molecule has 0 aliphatic carbocycles. The van der Waals surface area contributed by atoms with Crippen LogP contribution in [0, 0.1) is 5.41 Å². The van der Waals surface area contributed by atoms with E-state index >= 15 is 0 Å². The second kappa shape index (κ2) is 29.1. The Morgan fingerprint density at radius 1 is 0.317 bits per heavy atom. The number of carbonyl (C=O) groups is 8. The van der Waals surface area contributed by atoms with E-state index in [9.17, 15) is 38.4 Å². The van der Waals surface area contributed by atoms with Gasteiger partial charge in [0.05, 0.1) is 31.8 Å². The average Bonchev–Trinajstić information content (AvgIpc) is 2.87. The molecule has 0 aliphatic rings. The van der Waals surface area contributed by atoms with Gasteiger partial charge in [-0.15, -0.1) is 0 Å². The highest BCUT2D eigenvalue weighted by Gasteiger charge is 2.26. The van der Waals surface area contributed by atoms with Crippen molar-refractivity contribution in [2.45, 2.75) is 0 Å². The smallest absolute Gasteiger partial charge is 0.328 e. The molecule has 232 valence electrons. The predicted octanol–water partition coefficient (Wildman–Crippen LogP) is -3.21. The molecule has 0 saturated carbocycles. The zero-order valence-electron chi connectivity index (χ0n) is 20.6. The topological polar surface area (TPSA) is 379 Å². The van der Waals surface area contributed by atoms with Crippen molar-refractivity contribution in [2.75, 3.05) is 26.4 Å². The molecule has 0 aromatic heterocycles. The van der Waals surface area contributed by atoms with Crippen LogP contribution in [0.3, 0.4) is 0 Å². The molecule has 41 heavy (non-hydrogen) atoms. The summed E-state index contributed by atoms with van der Waals surface area (Å²) < 4.78 is 0. The van der Waals surface area contributed by atoms with E-state index in [4.69, 9.17) is 61.3 Å². The number of rotatable bonds is 12. The van der Waals surface area contributed by atoms with Crippen molar-refractivity contribution in [3.8, 4) is 0 Å². The molecule has 0 unspecified atom stereocenters. The summed E-state index contributed by atoms with van der Waals surface area (Å²) >= 11 is 0. The largest absolute Gasteiger partial charge is 0.478 e. The van der Waals surface area contributed by atoms with Crippen LogP contribution < -0.4 is 0 Å². The van der Waals surface area contributed by atoms with Gasteiger partial charge in [0.15, 0.2) is 0 Å². The van der Waals surface area contributed by atoms with E-state index < -0.39 is 79.6 Å². The molecule has 20 nitrogen and oxygen atoms in total. The highest BCUT2D eigenvalue weighted by atomic mass is 16.4. The molecule has 0 saturated heterocycles. The average molecular weight is 600 g/mol. The fraction of sp³-hybridized carbons (Fsp3) is 0.238. The van der Waals surface area contributed by atoms with Crippen molar-refractivity contribution in [2.24, 2.45) is 5.41 Å². The lowest BCUT2D eigenvalue weighted by Crippen LogP contribution is -2.37. The second-order valence-electron chi connectivity index (χ2n) is 6.17. The first-order valence-electron chi connectivity index (χ1n) is 9.74. The van der Waals surface area contributed by atoms with Crippen molar-refractivity contribution < 1.29 is 99.6 Å². The molecular weight excluding hydrogens is 572 g/mol. The lowest BCUT2D eigenvalue weighted by Gasteiger charge is -2.23. The first-order chi connectivity index (χ1) is 18.7. The van der Waals surface area contributed by atoms with Gasteiger partial charge in [0, 0.05) is 48.6 Å². The van der Waals surface area contributed by atoms with Crippen molar-refractivity contribution in [3.05, 3.63) is 48.6 Å². The van der Waals surface area contributed by atoms with Crippen LogP contribution in [0.2, 0.25) is 0 Å². The summed E-state index contributed by atoms with van der Waals surface area (Å²) in [5.41, 5.74) is -1.11. The van der Waals surface area contributed by atoms with Crippen molar-refractivity contribution in [1.82, 2.24) is 0 Å². The summed E-state index contributed by atoms with van der Waals surface area (Å²) in [4.78, 5) is 76.4. The third-order valence-electron chi connectivity index (χ3n) is 2.82. The minimum absolute atomic E-state index is 0.406. The summed E-state index contributed by atoms with van der Waals surface area (Å²) in [6.45, 7) is -1.62. The molecule has 0 aromatic rings. The summed E-state index contributed by atoms with van der Waals surface area (Å²) in [5, 5.41) is 96.5. The summed E-state index contributed by atoms with van der Waals surface area (Å²) in [6, 6.07) is 0. The maximum absolute atomic E-state index is 9.55. The third kappa shape index (κ3) is 51.9. The minimum Gasteiger partial charge on any atom is -0.478 e. The van der Waals surface area contributed by atoms with Gasteiger partial charge in [-0.05, 0) is 0 Å². The van der Waals surface area contributed by atoms with Crippen molar-refractivity contribution in [1.29, 1.82) is 0 Å². The van der Waals surface area contributed by atoms with Crippen LogP contribution in [-0.2, 0) is 38.4 Å². The van der Waals surface area contributed by atoms with E-state index in [0.29, 0.717) is 48.6 Å². The summed E-state index contributed by atoms with van der Waals surface area (Å²) in [6.07, 6.45) is 4.46. The lowest BCUT2D eigenvalue weighted by molar-refractivity contribution is -0.134. The van der Waals surface area contributed by atoms with Gasteiger partial charge in [-0.1, -0.05) is 0 Å². The molecule has 12 N–H and O–H groups in total. The number of aliphatic hydroxyl groups excluding tert-OH is 4. The Bertz CT molecular complexity index is 750. The van der Waals surface area contributed by atoms with Crippen molar-refractivity contribution in [3.63, 3.8) is 0 Å². The molecule has 0 atom stereocenters. The van der Waals surface area contributed by atoms with Crippen LogP contribution in [0.25, 0.3) is 0 Å². The van der Waals surface area contributed by atoms with E-state index in [0.717, 1.165) is 0 Å². The molecule has 0 radical (unpaired) electrons. The zero-order valence-corrected chi connectivity index (χ0v) is 20.6. The Balaban J connectivity index is -0.000000132. The Morgan fingerprint density at radius 3 is 0.439 bits per heavy atom. The molecule has 0 amide bonds. The molecule has 0 fully saturated rings. The highest BCUT2D eigenvalue weighted by Crippen LogP contribution is 2.11. The molecule has 0 heterocycles. The van der Waals surface area contributed by atoms with Crippen LogP contribution >= 0.6 is 0 Å². The Morgan fingerprint density at radius 2 is 0.415 bits per heavy atom. The molecule has 0 rings (SSSR count). The summed E-state index contributed by atoms with van der Waals surface area (Å²) in [5.74, 6) is -10.1. The Labute approximate surface area is 228 Å². The number of carboxylic acids is 8. The monoisotopic (exact) mass is 600 g/mol. The minimum atomic E-state index is -1.26. The lowest BCUT2D eigenvalue weighted by atomic mass is 9.93. The number of hydrogen-bond acceptors (Lipinski definition) is 12. The number of aliphatic carboxylic acids is 8. The quantitative estimate of drug-likeness (QED) is 0.0980. The van der Waals surface area contributed by atoms with E-state index in [2.05, 4.69) is 0 Å². The van der Waals surface area contributed by atoms with Crippen LogP contribution in [-0.4, -0.2) is 135 Å². The second-order valence-corrected chi connectivity index (χ2v) is 6.17. The van der Waals surface area contributed by atoms with E-state index in [1.54, 1.807) is 0 Å². The maximum Gasteiger partial charge on any atom is 0.328 e. The number of hydrogen-bond donors (Lipinski definition) is 12. The first kappa shape index (κ1) is 45.5. The van der Waals surface area contributed by atoms with Gasteiger partial charge in [0.2, 0.25) is 0 Å². The fourth-order valence-electron chi connectivity index (χ4n) is 0.870. The van der Waals surface area contributed by atoms with E-state index in [-0.39, 0.29) is 0 Å². The highest BCUT2D eigenvalue weighted by molar-refractivity contribution is 5.91.